The van der Waals surface area contributed by atoms with Crippen LogP contribution in [0.15, 0.2) is 41.3 Å². The maximum Gasteiger partial charge on any atom is 0.281 e. The van der Waals surface area contributed by atoms with E-state index in [2.05, 4.69) is 31.0 Å². The van der Waals surface area contributed by atoms with Crippen LogP contribution in [0.5, 0.6) is 0 Å². The van der Waals surface area contributed by atoms with Crippen molar-refractivity contribution in [3.63, 3.8) is 0 Å². The zero-order valence-electron chi connectivity index (χ0n) is 24.7. The molecule has 1 fully saturated rings. The number of aromatic nitrogens is 4. The number of carbonyl (C=O) groups is 1. The number of hydrogen-bond donors (Lipinski definition) is 2. The maximum absolute atomic E-state index is 13.8. The highest BCUT2D eigenvalue weighted by Gasteiger charge is 2.27. The van der Waals surface area contributed by atoms with Crippen LogP contribution in [0.25, 0.3) is 10.9 Å². The van der Waals surface area contributed by atoms with Crippen LogP contribution in [0.3, 0.4) is 0 Å². The van der Waals surface area contributed by atoms with E-state index in [0.717, 1.165) is 41.8 Å². The monoisotopic (exact) mass is 616 g/mol. The van der Waals surface area contributed by atoms with E-state index in [4.69, 9.17) is 16.6 Å². The van der Waals surface area contributed by atoms with Crippen LogP contribution >= 0.6 is 23.5 Å². The molecule has 1 aliphatic heterocycles. The lowest BCUT2D eigenvalue weighted by atomic mass is 9.91. The molecule has 1 aliphatic rings. The first kappa shape index (κ1) is 30.3. The van der Waals surface area contributed by atoms with E-state index in [1.165, 1.54) is 11.9 Å². The molecule has 222 valence electrons. The average molecular weight is 617 g/mol. The summed E-state index contributed by atoms with van der Waals surface area (Å²) in [6.07, 6.45) is 5.48. The Balaban J connectivity index is 1.53. The fourth-order valence-electron chi connectivity index (χ4n) is 5.65. The van der Waals surface area contributed by atoms with E-state index in [0.29, 0.717) is 34.6 Å². The van der Waals surface area contributed by atoms with Crippen molar-refractivity contribution >= 4 is 52.0 Å². The highest BCUT2D eigenvalue weighted by atomic mass is 35.5. The Morgan fingerprint density at radius 1 is 1.23 bits per heavy atom. The molecule has 4 heterocycles. The van der Waals surface area contributed by atoms with Gasteiger partial charge in [0, 0.05) is 44.1 Å². The third kappa shape index (κ3) is 6.17. The Hall–Kier alpha value is -4.14. The number of anilines is 2. The van der Waals surface area contributed by atoms with E-state index in [1.807, 2.05) is 45.2 Å². The Morgan fingerprint density at radius 3 is 2.77 bits per heavy atom. The van der Waals surface area contributed by atoms with E-state index in [9.17, 15) is 14.9 Å². The highest BCUT2D eigenvalue weighted by molar-refractivity contribution is 7.97. The van der Waals surface area contributed by atoms with Crippen LogP contribution in [0.1, 0.15) is 70.2 Å². The lowest BCUT2D eigenvalue weighted by Crippen LogP contribution is -2.39. The fourth-order valence-corrected chi connectivity index (χ4v) is 6.08. The van der Waals surface area contributed by atoms with Crippen molar-refractivity contribution in [2.45, 2.75) is 45.6 Å². The lowest BCUT2D eigenvalue weighted by molar-refractivity contribution is 0.0980. The summed E-state index contributed by atoms with van der Waals surface area (Å²) in [5.41, 5.74) is 5.24. The van der Waals surface area contributed by atoms with E-state index in [-0.39, 0.29) is 34.3 Å². The number of rotatable bonds is 7. The minimum atomic E-state index is -0.363. The molecule has 0 bridgehead atoms. The molecule has 12 heteroatoms. The van der Waals surface area contributed by atoms with Crippen LogP contribution in [0.4, 0.5) is 11.6 Å². The highest BCUT2D eigenvalue weighted by Crippen LogP contribution is 2.32. The summed E-state index contributed by atoms with van der Waals surface area (Å²) in [6.45, 7) is 7.16. The number of pyridine rings is 2. The minimum Gasteiger partial charge on any atom is -0.377 e. The van der Waals surface area contributed by atoms with Gasteiger partial charge in [-0.15, -0.1) is 0 Å². The van der Waals surface area contributed by atoms with Gasteiger partial charge in [-0.3, -0.25) is 23.9 Å². The number of piperidine rings is 1. The van der Waals surface area contributed by atoms with Gasteiger partial charge in [-0.1, -0.05) is 29.6 Å². The summed E-state index contributed by atoms with van der Waals surface area (Å²) in [5, 5.41) is 13.7. The fraction of sp³-hybridized carbons (Fsp3) is 0.355. The number of hydrogen-bond acceptors (Lipinski definition) is 9. The summed E-state index contributed by atoms with van der Waals surface area (Å²) in [7, 11) is 1.76. The number of fused-ring (bicyclic) bond motifs is 1. The number of benzene rings is 1. The first-order valence-electron chi connectivity index (χ1n) is 14.0. The molecular formula is C31H33ClN8O2S. The molecule has 4 aromatic rings. The average Bonchev–Trinajstić information content (AvgIpc) is 3.00. The number of amides is 1. The van der Waals surface area contributed by atoms with E-state index in [1.54, 1.807) is 30.0 Å². The summed E-state index contributed by atoms with van der Waals surface area (Å²) in [5.74, 6) is 0.384. The SMILES string of the molecule is CSNC(=O)c1nc(Cl)ccc1NC(C)c1cc(C)cc2c(=O)n(C)c(N3CCC[C@@H](c4cnc(C)c(C#N)c4)C3)nc12. The standard InChI is InChI=1S/C31H33ClN8O2S/c1-17-11-23(19(3)35-25-8-9-26(32)36-28(25)29(41)38-43-5)27-24(12-17)30(42)39(4)31(37-27)40-10-6-7-20(16-40)22-13-21(14-33)18(2)34-15-22/h8-9,11-13,15,19-20,35H,6-7,10,16H2,1-5H3,(H,38,41)/t19?,20-/m1/s1. The topological polar surface area (TPSA) is 129 Å². The van der Waals surface area contributed by atoms with Crippen molar-refractivity contribution in [1.29, 1.82) is 5.26 Å². The third-order valence-electron chi connectivity index (χ3n) is 7.84. The lowest BCUT2D eigenvalue weighted by Gasteiger charge is -2.34. The smallest absolute Gasteiger partial charge is 0.281 e. The van der Waals surface area contributed by atoms with Crippen molar-refractivity contribution in [3.05, 3.63) is 85.7 Å². The number of carbonyl (C=O) groups excluding carboxylic acids is 1. The number of halogens is 1. The molecule has 1 aromatic carbocycles. The van der Waals surface area contributed by atoms with Crippen LogP contribution in [0, 0.1) is 25.2 Å². The van der Waals surface area contributed by atoms with Gasteiger partial charge in [0.15, 0.2) is 5.69 Å². The second-order valence-corrected chi connectivity index (χ2v) is 11.9. The maximum atomic E-state index is 13.8. The molecule has 0 aliphatic carbocycles. The second-order valence-electron chi connectivity index (χ2n) is 10.9. The Labute approximate surface area is 259 Å². The van der Waals surface area contributed by atoms with Gasteiger partial charge in [0.2, 0.25) is 5.95 Å². The Morgan fingerprint density at radius 2 is 2.02 bits per heavy atom. The van der Waals surface area contributed by atoms with Gasteiger partial charge < -0.3 is 10.2 Å². The number of nitrogens with zero attached hydrogens (tertiary/aromatic N) is 6. The largest absolute Gasteiger partial charge is 0.377 e. The summed E-state index contributed by atoms with van der Waals surface area (Å²) < 4.78 is 4.32. The molecule has 3 aromatic heterocycles. The van der Waals surface area contributed by atoms with Crippen molar-refractivity contribution in [1.82, 2.24) is 24.2 Å². The van der Waals surface area contributed by atoms with Gasteiger partial charge in [-0.2, -0.15) is 5.26 Å². The van der Waals surface area contributed by atoms with Crippen molar-refractivity contribution in [3.8, 4) is 6.07 Å². The third-order valence-corrected chi connectivity index (χ3v) is 8.44. The van der Waals surface area contributed by atoms with Gasteiger partial charge in [-0.05, 0) is 69.0 Å². The van der Waals surface area contributed by atoms with Crippen molar-refractivity contribution in [2.75, 3.05) is 29.6 Å². The molecule has 2 atom stereocenters. The molecule has 1 saturated heterocycles. The quantitative estimate of drug-likeness (QED) is 0.206. The first-order chi connectivity index (χ1) is 20.6. The normalized spacial score (nSPS) is 15.7. The molecule has 10 nitrogen and oxygen atoms in total. The molecule has 43 heavy (non-hydrogen) atoms. The molecule has 0 radical (unpaired) electrons. The van der Waals surface area contributed by atoms with Crippen LogP contribution in [-0.4, -0.2) is 44.8 Å². The van der Waals surface area contributed by atoms with Gasteiger partial charge in [0.05, 0.1) is 33.9 Å². The molecule has 5 rings (SSSR count). The zero-order chi connectivity index (χ0) is 30.8. The minimum absolute atomic E-state index is 0.128. The molecular weight excluding hydrogens is 584 g/mol. The van der Waals surface area contributed by atoms with Gasteiger partial charge in [-0.25, -0.2) is 9.97 Å². The summed E-state index contributed by atoms with van der Waals surface area (Å²) >= 11 is 7.29. The second kappa shape index (κ2) is 12.6. The van der Waals surface area contributed by atoms with Crippen molar-refractivity contribution < 1.29 is 4.79 Å². The molecule has 0 saturated carbocycles. The van der Waals surface area contributed by atoms with E-state index >= 15 is 0 Å². The van der Waals surface area contributed by atoms with Crippen LogP contribution in [-0.2, 0) is 7.05 Å². The number of nitrogens with one attached hydrogen (secondary N) is 2. The van der Waals surface area contributed by atoms with Crippen LogP contribution < -0.4 is 20.5 Å². The molecule has 1 amide bonds. The van der Waals surface area contributed by atoms with E-state index < -0.39 is 0 Å². The molecule has 2 N–H and O–H groups in total. The zero-order valence-corrected chi connectivity index (χ0v) is 26.3. The molecule has 0 spiro atoms. The summed E-state index contributed by atoms with van der Waals surface area (Å²) in [6, 6.07) is 11.1. The van der Waals surface area contributed by atoms with Crippen molar-refractivity contribution in [2.24, 2.45) is 7.05 Å². The first-order valence-corrected chi connectivity index (χ1v) is 15.6. The Kier molecular flexibility index (Phi) is 8.89. The molecule has 1 unspecified atom stereocenters. The van der Waals surface area contributed by atoms with Gasteiger partial charge >= 0.3 is 0 Å². The van der Waals surface area contributed by atoms with Crippen LogP contribution in [0.2, 0.25) is 5.15 Å². The van der Waals surface area contributed by atoms with Gasteiger partial charge in [0.25, 0.3) is 11.5 Å². The van der Waals surface area contributed by atoms with Gasteiger partial charge in [0.1, 0.15) is 11.2 Å². The predicted molar refractivity (Wildman–Crippen MR) is 172 cm³/mol. The Bertz CT molecular complexity index is 1820. The predicted octanol–water partition coefficient (Wildman–Crippen LogP) is 5.43. The summed E-state index contributed by atoms with van der Waals surface area (Å²) in [4.78, 5) is 42.4. The number of aryl methyl sites for hydroxylation is 2. The number of nitriles is 1.